The van der Waals surface area contributed by atoms with E-state index in [1.165, 1.54) is 50.3 Å². The van der Waals surface area contributed by atoms with Crippen LogP contribution in [0.5, 0.6) is 0 Å². The molecule has 0 spiro atoms. The fraction of sp³-hybridized carbons (Fsp3) is 0.812. The average molecular weight is 274 g/mol. The first-order valence-electron chi connectivity index (χ1n) is 8.42. The van der Waals surface area contributed by atoms with Crippen molar-refractivity contribution in [1.82, 2.24) is 19.8 Å². The number of imidazole rings is 1. The molecule has 2 atom stereocenters. The Morgan fingerprint density at radius 2 is 2.20 bits per heavy atom. The van der Waals surface area contributed by atoms with Gasteiger partial charge in [0.1, 0.15) is 5.82 Å². The lowest BCUT2D eigenvalue weighted by molar-refractivity contribution is 0.285. The monoisotopic (exact) mass is 274 g/mol. The summed E-state index contributed by atoms with van der Waals surface area (Å²) < 4.78 is 2.68. The highest BCUT2D eigenvalue weighted by Gasteiger charge is 2.40. The molecule has 4 heteroatoms. The van der Waals surface area contributed by atoms with E-state index in [2.05, 4.69) is 21.7 Å². The van der Waals surface area contributed by atoms with Gasteiger partial charge in [-0.2, -0.15) is 0 Å². The standard InChI is InChI=1S/C16H26N4/c1-2-4-16-18-12-11-17-8-6-13(12)20(16)15-7-10-19-9-3-5-14(15)19/h14-15,17H,2-11H2,1H3. The smallest absolute Gasteiger partial charge is 0.109 e. The molecule has 110 valence electrons. The normalized spacial score (nSPS) is 29.6. The number of rotatable bonds is 3. The number of nitrogens with one attached hydrogen (secondary N) is 1. The Balaban J connectivity index is 1.73. The van der Waals surface area contributed by atoms with E-state index < -0.39 is 0 Å². The molecule has 3 aliphatic heterocycles. The Bertz CT molecular complexity index is 493. The van der Waals surface area contributed by atoms with Gasteiger partial charge in [-0.3, -0.25) is 4.90 Å². The Morgan fingerprint density at radius 1 is 1.25 bits per heavy atom. The van der Waals surface area contributed by atoms with Crippen LogP contribution in [-0.4, -0.2) is 40.1 Å². The largest absolute Gasteiger partial charge is 0.327 e. The molecule has 0 bridgehead atoms. The van der Waals surface area contributed by atoms with Gasteiger partial charge in [0.15, 0.2) is 0 Å². The van der Waals surface area contributed by atoms with Gasteiger partial charge in [0.25, 0.3) is 0 Å². The van der Waals surface area contributed by atoms with Gasteiger partial charge in [-0.05, 0) is 32.2 Å². The van der Waals surface area contributed by atoms with E-state index in [9.17, 15) is 0 Å². The molecule has 0 aromatic carbocycles. The second-order valence-electron chi connectivity index (χ2n) is 6.57. The van der Waals surface area contributed by atoms with E-state index in [1.54, 1.807) is 5.69 Å². The van der Waals surface area contributed by atoms with Crippen molar-refractivity contribution in [2.75, 3.05) is 19.6 Å². The number of aryl methyl sites for hydroxylation is 1. The van der Waals surface area contributed by atoms with Crippen molar-refractivity contribution in [3.05, 3.63) is 17.2 Å². The molecule has 0 radical (unpaired) electrons. The molecule has 4 nitrogen and oxygen atoms in total. The molecular weight excluding hydrogens is 248 g/mol. The molecule has 1 aromatic rings. The first-order chi connectivity index (χ1) is 9.88. The third-order valence-corrected chi connectivity index (χ3v) is 5.37. The van der Waals surface area contributed by atoms with Gasteiger partial charge < -0.3 is 9.88 Å². The zero-order valence-electron chi connectivity index (χ0n) is 12.6. The van der Waals surface area contributed by atoms with E-state index in [0.717, 1.165) is 32.0 Å². The van der Waals surface area contributed by atoms with Crippen molar-refractivity contribution in [2.45, 2.75) is 64.1 Å². The molecule has 2 saturated heterocycles. The molecule has 2 unspecified atom stereocenters. The van der Waals surface area contributed by atoms with Gasteiger partial charge in [0, 0.05) is 44.2 Å². The lowest BCUT2D eigenvalue weighted by atomic mass is 10.0. The number of nitrogens with zero attached hydrogens (tertiary/aromatic N) is 3. The Morgan fingerprint density at radius 3 is 3.10 bits per heavy atom. The lowest BCUT2D eigenvalue weighted by Gasteiger charge is -2.26. The van der Waals surface area contributed by atoms with Gasteiger partial charge in [-0.15, -0.1) is 0 Å². The van der Waals surface area contributed by atoms with Crippen LogP contribution < -0.4 is 5.32 Å². The van der Waals surface area contributed by atoms with Crippen molar-refractivity contribution in [1.29, 1.82) is 0 Å². The molecule has 0 aliphatic carbocycles. The third-order valence-electron chi connectivity index (χ3n) is 5.37. The van der Waals surface area contributed by atoms with Crippen molar-refractivity contribution in [2.24, 2.45) is 0 Å². The van der Waals surface area contributed by atoms with Gasteiger partial charge in [0.2, 0.25) is 0 Å². The minimum Gasteiger partial charge on any atom is -0.327 e. The first kappa shape index (κ1) is 12.8. The van der Waals surface area contributed by atoms with Gasteiger partial charge in [0.05, 0.1) is 11.7 Å². The molecule has 1 N–H and O–H groups in total. The summed E-state index contributed by atoms with van der Waals surface area (Å²) in [4.78, 5) is 7.70. The maximum Gasteiger partial charge on any atom is 0.109 e. The SMILES string of the molecule is CCCc1nc2c(n1C1CCN3CCCC13)CCNC2. The molecule has 0 saturated carbocycles. The third kappa shape index (κ3) is 1.92. The number of fused-ring (bicyclic) bond motifs is 2. The topological polar surface area (TPSA) is 33.1 Å². The van der Waals surface area contributed by atoms with E-state index in [-0.39, 0.29) is 0 Å². The molecule has 4 heterocycles. The van der Waals surface area contributed by atoms with Gasteiger partial charge in [-0.1, -0.05) is 6.92 Å². The summed E-state index contributed by atoms with van der Waals surface area (Å²) in [6.07, 6.45) is 7.61. The van der Waals surface area contributed by atoms with Crippen LogP contribution >= 0.6 is 0 Å². The van der Waals surface area contributed by atoms with Crippen LogP contribution in [0.25, 0.3) is 0 Å². The van der Waals surface area contributed by atoms with Crippen LogP contribution in [0, 0.1) is 0 Å². The van der Waals surface area contributed by atoms with E-state index in [0.29, 0.717) is 6.04 Å². The minimum absolute atomic E-state index is 0.702. The lowest BCUT2D eigenvalue weighted by Crippen LogP contribution is -2.31. The second kappa shape index (κ2) is 5.15. The van der Waals surface area contributed by atoms with E-state index in [4.69, 9.17) is 4.98 Å². The summed E-state index contributed by atoms with van der Waals surface area (Å²) in [5.41, 5.74) is 2.88. The second-order valence-corrected chi connectivity index (χ2v) is 6.57. The zero-order chi connectivity index (χ0) is 13.5. The Kier molecular flexibility index (Phi) is 3.31. The number of hydrogen-bond acceptors (Lipinski definition) is 3. The quantitative estimate of drug-likeness (QED) is 0.914. The summed E-state index contributed by atoms with van der Waals surface area (Å²) in [6, 6.07) is 1.49. The van der Waals surface area contributed by atoms with Crippen LogP contribution in [0.3, 0.4) is 0 Å². The summed E-state index contributed by atoms with van der Waals surface area (Å²) in [5, 5.41) is 3.47. The molecule has 3 aliphatic rings. The molecule has 1 aromatic heterocycles. The van der Waals surface area contributed by atoms with Crippen LogP contribution in [0.4, 0.5) is 0 Å². The van der Waals surface area contributed by atoms with Crippen LogP contribution in [0.1, 0.15) is 55.9 Å². The summed E-state index contributed by atoms with van der Waals surface area (Å²) >= 11 is 0. The summed E-state index contributed by atoms with van der Waals surface area (Å²) in [5.74, 6) is 1.36. The zero-order valence-corrected chi connectivity index (χ0v) is 12.6. The molecule has 2 fully saturated rings. The molecular formula is C16H26N4. The van der Waals surface area contributed by atoms with Gasteiger partial charge >= 0.3 is 0 Å². The summed E-state index contributed by atoms with van der Waals surface area (Å²) in [7, 11) is 0. The highest BCUT2D eigenvalue weighted by molar-refractivity contribution is 5.23. The minimum atomic E-state index is 0.702. The van der Waals surface area contributed by atoms with Crippen LogP contribution in [-0.2, 0) is 19.4 Å². The predicted octanol–water partition coefficient (Wildman–Crippen LogP) is 1.89. The van der Waals surface area contributed by atoms with E-state index >= 15 is 0 Å². The number of aromatic nitrogens is 2. The fourth-order valence-electron chi connectivity index (χ4n) is 4.54. The average Bonchev–Trinajstić information content (AvgIpc) is 3.12. The maximum absolute atomic E-state index is 4.98. The highest BCUT2D eigenvalue weighted by atomic mass is 15.3. The van der Waals surface area contributed by atoms with E-state index in [1.807, 2.05) is 0 Å². The molecule has 20 heavy (non-hydrogen) atoms. The molecule has 0 amide bonds. The Labute approximate surface area is 121 Å². The Hall–Kier alpha value is -0.870. The van der Waals surface area contributed by atoms with Crippen molar-refractivity contribution in [3.8, 4) is 0 Å². The summed E-state index contributed by atoms with van der Waals surface area (Å²) in [6.45, 7) is 6.98. The predicted molar refractivity (Wildman–Crippen MR) is 79.9 cm³/mol. The number of hydrogen-bond donors (Lipinski definition) is 1. The highest BCUT2D eigenvalue weighted by Crippen LogP contribution is 2.38. The van der Waals surface area contributed by atoms with Crippen LogP contribution in [0.15, 0.2) is 0 Å². The van der Waals surface area contributed by atoms with Crippen molar-refractivity contribution >= 4 is 0 Å². The molecule has 4 rings (SSSR count). The first-order valence-corrected chi connectivity index (χ1v) is 8.42. The fourth-order valence-corrected chi connectivity index (χ4v) is 4.54. The van der Waals surface area contributed by atoms with Crippen molar-refractivity contribution < 1.29 is 0 Å². The van der Waals surface area contributed by atoms with Gasteiger partial charge in [-0.25, -0.2) is 4.98 Å². The maximum atomic E-state index is 4.98. The van der Waals surface area contributed by atoms with Crippen LogP contribution in [0.2, 0.25) is 0 Å². The van der Waals surface area contributed by atoms with Crippen molar-refractivity contribution in [3.63, 3.8) is 0 Å².